The summed E-state index contributed by atoms with van der Waals surface area (Å²) in [6.07, 6.45) is 7.23. The van der Waals surface area contributed by atoms with E-state index in [4.69, 9.17) is 0 Å². The summed E-state index contributed by atoms with van der Waals surface area (Å²) in [5.74, 6) is 0.921. The molecule has 2 nitrogen and oxygen atoms in total. The lowest BCUT2D eigenvalue weighted by Gasteiger charge is -2.36. The van der Waals surface area contributed by atoms with Gasteiger partial charge in [-0.3, -0.25) is 0 Å². The number of piperidine rings is 1. The van der Waals surface area contributed by atoms with E-state index in [-0.39, 0.29) is 5.41 Å². The average Bonchev–Trinajstić information content (AvgIpc) is 2.30. The summed E-state index contributed by atoms with van der Waals surface area (Å²) in [5.41, 5.74) is -0.117. The van der Waals surface area contributed by atoms with Crippen molar-refractivity contribution in [1.29, 1.82) is 0 Å². The van der Waals surface area contributed by atoms with Gasteiger partial charge in [-0.1, -0.05) is 33.6 Å². The van der Waals surface area contributed by atoms with Gasteiger partial charge in [-0.05, 0) is 38.3 Å². The highest BCUT2D eigenvalue weighted by atomic mass is 16.1. The quantitative estimate of drug-likeness (QED) is 0.647. The second-order valence-corrected chi connectivity index (χ2v) is 5.65. The third-order valence-electron chi connectivity index (χ3n) is 3.97. The maximum Gasteiger partial charge on any atom is 0.127 e. The molecule has 1 aliphatic heterocycles. The van der Waals surface area contributed by atoms with Crippen LogP contribution in [0.15, 0.2) is 0 Å². The largest absolute Gasteiger partial charge is 0.303 e. The van der Waals surface area contributed by atoms with Crippen LogP contribution in [0, 0.1) is 11.3 Å². The van der Waals surface area contributed by atoms with E-state index in [2.05, 4.69) is 25.7 Å². The van der Waals surface area contributed by atoms with Gasteiger partial charge in [0.05, 0.1) is 0 Å². The zero-order chi connectivity index (χ0) is 12.0. The Labute approximate surface area is 100 Å². The number of rotatable bonds is 6. The van der Waals surface area contributed by atoms with E-state index in [1.165, 1.54) is 38.6 Å². The average molecular weight is 225 g/mol. The van der Waals surface area contributed by atoms with Gasteiger partial charge in [-0.2, -0.15) is 0 Å². The summed E-state index contributed by atoms with van der Waals surface area (Å²) in [7, 11) is 0. The van der Waals surface area contributed by atoms with Crippen LogP contribution in [0.4, 0.5) is 0 Å². The molecule has 1 atom stereocenters. The molecule has 0 aromatic heterocycles. The Balaban J connectivity index is 2.39. The molecule has 1 saturated heterocycles. The molecule has 94 valence electrons. The van der Waals surface area contributed by atoms with Crippen molar-refractivity contribution in [3.63, 3.8) is 0 Å². The fourth-order valence-electron chi connectivity index (χ4n) is 2.81. The first-order valence-corrected chi connectivity index (χ1v) is 6.82. The van der Waals surface area contributed by atoms with Crippen molar-refractivity contribution in [2.45, 2.75) is 52.9 Å². The Morgan fingerprint density at radius 2 is 1.94 bits per heavy atom. The van der Waals surface area contributed by atoms with Crippen LogP contribution in [0.25, 0.3) is 0 Å². The van der Waals surface area contributed by atoms with E-state index in [9.17, 15) is 4.79 Å². The summed E-state index contributed by atoms with van der Waals surface area (Å²) < 4.78 is 0. The summed E-state index contributed by atoms with van der Waals surface area (Å²) in [4.78, 5) is 13.7. The first-order valence-electron chi connectivity index (χ1n) is 6.82. The number of nitrogens with zero attached hydrogens (tertiary/aromatic N) is 1. The van der Waals surface area contributed by atoms with Crippen molar-refractivity contribution in [1.82, 2.24) is 4.90 Å². The molecule has 0 bridgehead atoms. The smallest absolute Gasteiger partial charge is 0.127 e. The number of carbonyl (C=O) groups is 1. The monoisotopic (exact) mass is 225 g/mol. The number of aldehydes is 1. The third kappa shape index (κ3) is 3.89. The zero-order valence-electron chi connectivity index (χ0n) is 11.2. The molecule has 1 aliphatic rings. The number of carbonyl (C=O) groups excluding carboxylic acids is 1. The third-order valence-corrected chi connectivity index (χ3v) is 3.97. The summed E-state index contributed by atoms with van der Waals surface area (Å²) in [5, 5.41) is 0. The van der Waals surface area contributed by atoms with Crippen molar-refractivity contribution in [2.75, 3.05) is 19.6 Å². The number of hydrogen-bond acceptors (Lipinski definition) is 2. The van der Waals surface area contributed by atoms with Gasteiger partial charge in [0.25, 0.3) is 0 Å². The molecule has 1 fully saturated rings. The van der Waals surface area contributed by atoms with Gasteiger partial charge in [0.2, 0.25) is 0 Å². The molecule has 1 rings (SSSR count). The predicted octanol–water partition coefficient (Wildman–Crippen LogP) is 3.11. The Kier molecular flexibility index (Phi) is 5.47. The molecule has 0 N–H and O–H groups in total. The van der Waals surface area contributed by atoms with Gasteiger partial charge in [0, 0.05) is 12.0 Å². The summed E-state index contributed by atoms with van der Waals surface area (Å²) in [6.45, 7) is 9.88. The Morgan fingerprint density at radius 3 is 2.38 bits per heavy atom. The molecular formula is C14H27NO. The first-order chi connectivity index (χ1) is 7.63. The van der Waals surface area contributed by atoms with E-state index < -0.39 is 0 Å². The van der Waals surface area contributed by atoms with Crippen LogP contribution in [0.3, 0.4) is 0 Å². The molecule has 0 aliphatic carbocycles. The molecule has 0 saturated carbocycles. The normalized spacial score (nSPS) is 22.9. The maximum atomic E-state index is 11.2. The zero-order valence-corrected chi connectivity index (χ0v) is 11.2. The van der Waals surface area contributed by atoms with Gasteiger partial charge < -0.3 is 9.69 Å². The van der Waals surface area contributed by atoms with Crippen LogP contribution in [0.2, 0.25) is 0 Å². The van der Waals surface area contributed by atoms with Crippen LogP contribution >= 0.6 is 0 Å². The van der Waals surface area contributed by atoms with Crippen molar-refractivity contribution in [3.05, 3.63) is 0 Å². The summed E-state index contributed by atoms with van der Waals surface area (Å²) >= 11 is 0. The van der Waals surface area contributed by atoms with Crippen LogP contribution in [-0.2, 0) is 4.79 Å². The van der Waals surface area contributed by atoms with Gasteiger partial charge in [0.1, 0.15) is 6.29 Å². The first kappa shape index (κ1) is 13.7. The minimum absolute atomic E-state index is 0.117. The van der Waals surface area contributed by atoms with E-state index in [0.29, 0.717) is 0 Å². The van der Waals surface area contributed by atoms with E-state index in [1.54, 1.807) is 0 Å². The van der Waals surface area contributed by atoms with Gasteiger partial charge >= 0.3 is 0 Å². The lowest BCUT2D eigenvalue weighted by atomic mass is 9.85. The molecule has 0 radical (unpaired) electrons. The van der Waals surface area contributed by atoms with Crippen molar-refractivity contribution >= 4 is 6.29 Å². The maximum absolute atomic E-state index is 11.2. The highest BCUT2D eigenvalue weighted by molar-refractivity contribution is 5.59. The SMILES string of the molecule is CCCC(C)(C=O)CN1CCC(CC)CC1. The van der Waals surface area contributed by atoms with E-state index >= 15 is 0 Å². The second-order valence-electron chi connectivity index (χ2n) is 5.65. The number of hydrogen-bond donors (Lipinski definition) is 0. The molecule has 0 aromatic carbocycles. The molecular weight excluding hydrogens is 198 g/mol. The van der Waals surface area contributed by atoms with Crippen molar-refractivity contribution in [2.24, 2.45) is 11.3 Å². The van der Waals surface area contributed by atoms with E-state index in [0.717, 1.165) is 25.3 Å². The molecule has 0 aromatic rings. The molecule has 2 heteroatoms. The fraction of sp³-hybridized carbons (Fsp3) is 0.929. The van der Waals surface area contributed by atoms with Crippen LogP contribution in [0.1, 0.15) is 52.9 Å². The Hall–Kier alpha value is -0.370. The van der Waals surface area contributed by atoms with Crippen molar-refractivity contribution in [3.8, 4) is 0 Å². The van der Waals surface area contributed by atoms with Gasteiger partial charge in [-0.15, -0.1) is 0 Å². The van der Waals surface area contributed by atoms with Crippen molar-refractivity contribution < 1.29 is 4.79 Å². The molecule has 16 heavy (non-hydrogen) atoms. The second kappa shape index (κ2) is 6.39. The fourth-order valence-corrected chi connectivity index (χ4v) is 2.81. The van der Waals surface area contributed by atoms with Crippen LogP contribution < -0.4 is 0 Å². The summed E-state index contributed by atoms with van der Waals surface area (Å²) in [6, 6.07) is 0. The Bertz CT molecular complexity index is 209. The highest BCUT2D eigenvalue weighted by Gasteiger charge is 2.27. The van der Waals surface area contributed by atoms with Crippen LogP contribution in [0.5, 0.6) is 0 Å². The highest BCUT2D eigenvalue weighted by Crippen LogP contribution is 2.26. The van der Waals surface area contributed by atoms with Crippen LogP contribution in [-0.4, -0.2) is 30.8 Å². The molecule has 0 spiro atoms. The molecule has 0 amide bonds. The standard InChI is InChI=1S/C14H27NO/c1-4-8-14(3,12-16)11-15-9-6-13(5-2)7-10-15/h12-13H,4-11H2,1-3H3. The lowest BCUT2D eigenvalue weighted by molar-refractivity contribution is -0.117. The lowest BCUT2D eigenvalue weighted by Crippen LogP contribution is -2.41. The number of likely N-dealkylation sites (tertiary alicyclic amines) is 1. The molecule has 1 unspecified atom stereocenters. The van der Waals surface area contributed by atoms with E-state index in [1.807, 2.05) is 0 Å². The molecule has 1 heterocycles. The Morgan fingerprint density at radius 1 is 1.31 bits per heavy atom. The minimum Gasteiger partial charge on any atom is -0.303 e. The van der Waals surface area contributed by atoms with Gasteiger partial charge in [0.15, 0.2) is 0 Å². The van der Waals surface area contributed by atoms with Gasteiger partial charge in [-0.25, -0.2) is 0 Å². The topological polar surface area (TPSA) is 20.3 Å². The minimum atomic E-state index is -0.117. The predicted molar refractivity (Wildman–Crippen MR) is 68.5 cm³/mol.